The molecule has 30 heavy (non-hydrogen) atoms. The second-order valence-corrected chi connectivity index (χ2v) is 8.25. The van der Waals surface area contributed by atoms with Gasteiger partial charge in [-0.3, -0.25) is 4.79 Å². The Morgan fingerprint density at radius 3 is 2.53 bits per heavy atom. The number of hydrogen-bond donors (Lipinski definition) is 2. The summed E-state index contributed by atoms with van der Waals surface area (Å²) in [6.07, 6.45) is 0. The predicted molar refractivity (Wildman–Crippen MR) is 110 cm³/mol. The Balaban J connectivity index is 1.75. The number of hydrogen-bond acceptors (Lipinski definition) is 5. The first-order chi connectivity index (χ1) is 14.3. The van der Waals surface area contributed by atoms with Crippen LogP contribution in [0.3, 0.4) is 0 Å². The molecule has 152 valence electrons. The number of aromatic carboxylic acids is 1. The van der Waals surface area contributed by atoms with E-state index in [2.05, 4.69) is 5.32 Å². The van der Waals surface area contributed by atoms with Crippen LogP contribution in [0, 0.1) is 23.8 Å². The molecule has 2 heterocycles. The number of halogens is 2. The third kappa shape index (κ3) is 3.19. The lowest BCUT2D eigenvalue weighted by atomic mass is 10.0. The molecule has 4 rings (SSSR count). The fraction of sp³-hybridized carbons (Fsp3) is 0.0500. The number of para-hydroxylation sites is 1. The summed E-state index contributed by atoms with van der Waals surface area (Å²) >= 11 is 1.81. The average Bonchev–Trinajstić information content (AvgIpc) is 3.28. The van der Waals surface area contributed by atoms with Crippen molar-refractivity contribution < 1.29 is 28.2 Å². The molecule has 10 heteroatoms. The number of anilines is 1. The van der Waals surface area contributed by atoms with Gasteiger partial charge in [-0.15, -0.1) is 16.1 Å². The van der Waals surface area contributed by atoms with Crippen molar-refractivity contribution in [1.29, 1.82) is 0 Å². The molecule has 0 bridgehead atoms. The van der Waals surface area contributed by atoms with Gasteiger partial charge in [-0.1, -0.05) is 35.6 Å². The van der Waals surface area contributed by atoms with Gasteiger partial charge in [0.25, 0.3) is 0 Å². The van der Waals surface area contributed by atoms with Crippen LogP contribution in [-0.2, 0) is 0 Å². The first-order valence-corrected chi connectivity index (χ1v) is 10.2. The van der Waals surface area contributed by atoms with Crippen LogP contribution in [0.1, 0.15) is 25.7 Å². The van der Waals surface area contributed by atoms with E-state index in [9.17, 15) is 28.7 Å². The monoisotopic (exact) mass is 446 g/mol. The maximum Gasteiger partial charge on any atom is 0.340 e. The Morgan fingerprint density at radius 2 is 1.83 bits per heavy atom. The number of thiophene rings is 1. The van der Waals surface area contributed by atoms with E-state index in [0.29, 0.717) is 14.9 Å². The number of rotatable bonds is 4. The topological polar surface area (TPSA) is 93.3 Å². The maximum atomic E-state index is 14.4. The Labute approximate surface area is 176 Å². The highest BCUT2D eigenvalue weighted by atomic mass is 32.1. The van der Waals surface area contributed by atoms with Crippen LogP contribution < -0.4 is 10.0 Å². The predicted octanol–water partition coefficient (Wildman–Crippen LogP) is 4.80. The highest BCUT2D eigenvalue weighted by molar-refractivity contribution is 7.20. The van der Waals surface area contributed by atoms with Gasteiger partial charge in [0, 0.05) is 22.6 Å². The van der Waals surface area contributed by atoms with Crippen LogP contribution in [0.4, 0.5) is 13.8 Å². The van der Waals surface area contributed by atoms with Crippen molar-refractivity contribution in [2.45, 2.75) is 6.92 Å². The first kappa shape index (κ1) is 19.9. The van der Waals surface area contributed by atoms with Crippen LogP contribution >= 0.6 is 22.7 Å². The highest BCUT2D eigenvalue weighted by Crippen LogP contribution is 2.38. The summed E-state index contributed by atoms with van der Waals surface area (Å²) in [5, 5.41) is 25.5. The number of amides is 1. The minimum atomic E-state index is -1.42. The van der Waals surface area contributed by atoms with Crippen molar-refractivity contribution in [2.24, 2.45) is 0 Å². The Hall–Kier alpha value is -3.37. The molecule has 0 spiro atoms. The van der Waals surface area contributed by atoms with E-state index in [0.717, 1.165) is 22.7 Å². The van der Waals surface area contributed by atoms with Gasteiger partial charge < -0.3 is 15.6 Å². The van der Waals surface area contributed by atoms with Crippen LogP contribution in [0.5, 0.6) is 0 Å². The summed E-state index contributed by atoms with van der Waals surface area (Å²) in [5.41, 5.74) is -0.274. The summed E-state index contributed by atoms with van der Waals surface area (Å²) < 4.78 is 29.4. The quantitative estimate of drug-likeness (QED) is 0.348. The number of aryl methyl sites for hydroxylation is 1. The molecule has 0 saturated heterocycles. The van der Waals surface area contributed by atoms with Crippen molar-refractivity contribution in [1.82, 2.24) is 0 Å². The number of thiazole rings is 1. The molecule has 0 radical (unpaired) electrons. The molecule has 2 aromatic heterocycles. The van der Waals surface area contributed by atoms with E-state index in [1.807, 2.05) is 0 Å². The molecule has 1 amide bonds. The Kier molecular flexibility index (Phi) is 4.96. The SMILES string of the molecule is Cc1ccc(-c2csc(NC(=O)c3sc4ccccc4[n+]3[O-])c2C(=O)O)c(F)c1F. The van der Waals surface area contributed by atoms with Gasteiger partial charge in [-0.2, -0.15) is 0 Å². The summed E-state index contributed by atoms with van der Waals surface area (Å²) in [6, 6.07) is 9.26. The summed E-state index contributed by atoms with van der Waals surface area (Å²) in [4.78, 5) is 24.5. The van der Waals surface area contributed by atoms with Gasteiger partial charge in [-0.25, -0.2) is 13.6 Å². The van der Waals surface area contributed by atoms with Crippen LogP contribution in [0.15, 0.2) is 41.8 Å². The molecular formula is C20H12F2N2O4S2. The number of nitrogens with one attached hydrogen (secondary N) is 1. The Bertz CT molecular complexity index is 1330. The molecule has 0 aliphatic heterocycles. The number of nitrogens with zero attached hydrogens (tertiary/aromatic N) is 1. The summed E-state index contributed by atoms with van der Waals surface area (Å²) in [6.45, 7) is 1.39. The van der Waals surface area contributed by atoms with E-state index in [4.69, 9.17) is 0 Å². The van der Waals surface area contributed by atoms with E-state index < -0.39 is 23.5 Å². The molecule has 2 aromatic carbocycles. The van der Waals surface area contributed by atoms with Crippen molar-refractivity contribution >= 4 is 49.8 Å². The lowest BCUT2D eigenvalue weighted by Crippen LogP contribution is -2.34. The fourth-order valence-corrected chi connectivity index (χ4v) is 4.86. The third-order valence-corrected chi connectivity index (χ3v) is 6.47. The minimum absolute atomic E-state index is 0.0643. The molecule has 0 unspecified atom stereocenters. The van der Waals surface area contributed by atoms with Gasteiger partial charge in [-0.05, 0) is 18.6 Å². The number of benzene rings is 2. The number of aromatic nitrogens is 1. The van der Waals surface area contributed by atoms with Gasteiger partial charge >= 0.3 is 16.9 Å². The molecule has 4 aromatic rings. The van der Waals surface area contributed by atoms with Crippen LogP contribution in [-0.4, -0.2) is 17.0 Å². The minimum Gasteiger partial charge on any atom is -0.617 e. The smallest absolute Gasteiger partial charge is 0.340 e. The van der Waals surface area contributed by atoms with Gasteiger partial charge in [0.15, 0.2) is 11.6 Å². The van der Waals surface area contributed by atoms with E-state index in [1.165, 1.54) is 24.4 Å². The molecule has 0 saturated carbocycles. The fourth-order valence-electron chi connectivity index (χ4n) is 2.98. The van der Waals surface area contributed by atoms with Gasteiger partial charge in [0.1, 0.15) is 15.3 Å². The zero-order chi connectivity index (χ0) is 21.6. The highest BCUT2D eigenvalue weighted by Gasteiger charge is 2.28. The molecule has 0 aliphatic carbocycles. The summed E-state index contributed by atoms with van der Waals surface area (Å²) in [5.74, 6) is -4.46. The number of carboxylic acid groups (broad SMARTS) is 1. The van der Waals surface area contributed by atoms with E-state index in [-0.39, 0.29) is 32.3 Å². The molecule has 2 N–H and O–H groups in total. The Morgan fingerprint density at radius 1 is 1.10 bits per heavy atom. The lowest BCUT2D eigenvalue weighted by molar-refractivity contribution is -0.574. The van der Waals surface area contributed by atoms with Gasteiger partial charge in [0.05, 0.1) is 0 Å². The molecule has 0 atom stereocenters. The van der Waals surface area contributed by atoms with E-state index in [1.54, 1.807) is 24.3 Å². The van der Waals surface area contributed by atoms with Crippen molar-refractivity contribution in [3.8, 4) is 11.1 Å². The average molecular weight is 446 g/mol. The van der Waals surface area contributed by atoms with Crippen molar-refractivity contribution in [3.05, 3.63) is 74.8 Å². The zero-order valence-corrected chi connectivity index (χ0v) is 16.9. The standard InChI is InChI=1S/C20H12F2N2O4S2/c1-9-6-7-10(16(22)15(9)21)11-8-29-18(14(11)20(26)27)23-17(25)19-24(28)12-4-2-3-5-13(12)30-19/h2-8H,1H3,(H,23,25)(H,26,27). The molecular weight excluding hydrogens is 434 g/mol. The normalized spacial score (nSPS) is 11.0. The summed E-state index contributed by atoms with van der Waals surface area (Å²) in [7, 11) is 0. The second kappa shape index (κ2) is 7.47. The first-order valence-electron chi connectivity index (χ1n) is 8.51. The van der Waals surface area contributed by atoms with Crippen LogP contribution in [0.25, 0.3) is 21.3 Å². The number of carboxylic acids is 1. The largest absolute Gasteiger partial charge is 0.617 e. The van der Waals surface area contributed by atoms with Gasteiger partial charge in [0.2, 0.25) is 5.52 Å². The number of carbonyl (C=O) groups is 2. The number of carbonyl (C=O) groups excluding carboxylic acids is 1. The number of fused-ring (bicyclic) bond motifs is 1. The molecule has 6 nitrogen and oxygen atoms in total. The van der Waals surface area contributed by atoms with Crippen molar-refractivity contribution in [2.75, 3.05) is 5.32 Å². The van der Waals surface area contributed by atoms with Crippen molar-refractivity contribution in [3.63, 3.8) is 0 Å². The third-order valence-electron chi connectivity index (χ3n) is 4.47. The lowest BCUT2D eigenvalue weighted by Gasteiger charge is -2.07. The maximum absolute atomic E-state index is 14.4. The molecule has 0 fully saturated rings. The van der Waals surface area contributed by atoms with Crippen LogP contribution in [0.2, 0.25) is 0 Å². The molecule has 0 aliphatic rings. The second-order valence-electron chi connectivity index (χ2n) is 6.34. The zero-order valence-electron chi connectivity index (χ0n) is 15.2. The van der Waals surface area contributed by atoms with E-state index >= 15 is 0 Å².